The van der Waals surface area contributed by atoms with E-state index in [4.69, 9.17) is 4.74 Å². The van der Waals surface area contributed by atoms with Crippen molar-refractivity contribution in [1.82, 2.24) is 9.97 Å². The third kappa shape index (κ3) is 3.44. The minimum Gasteiger partial charge on any atom is -0.497 e. The van der Waals surface area contributed by atoms with E-state index in [2.05, 4.69) is 29.0 Å². The largest absolute Gasteiger partial charge is 0.497 e. The van der Waals surface area contributed by atoms with Crippen LogP contribution in [0, 0.1) is 0 Å². The molecule has 0 bridgehead atoms. The predicted molar refractivity (Wildman–Crippen MR) is 76.5 cm³/mol. The SMILES string of the molecule is CCc1cnc(N(C)Cc2ccc(OC)cc2)nc1. The number of hydrogen-bond acceptors (Lipinski definition) is 4. The first-order valence-corrected chi connectivity index (χ1v) is 6.38. The number of nitrogens with zero attached hydrogens (tertiary/aromatic N) is 3. The molecule has 0 saturated carbocycles. The Balaban J connectivity index is 2.04. The Morgan fingerprint density at radius 3 is 2.21 bits per heavy atom. The standard InChI is InChI=1S/C15H19N3O/c1-4-12-9-16-15(17-10-12)18(2)11-13-5-7-14(19-3)8-6-13/h5-10H,4,11H2,1-3H3. The quantitative estimate of drug-likeness (QED) is 0.825. The average molecular weight is 257 g/mol. The predicted octanol–water partition coefficient (Wildman–Crippen LogP) is 2.68. The van der Waals surface area contributed by atoms with E-state index in [0.29, 0.717) is 0 Å². The van der Waals surface area contributed by atoms with Crippen LogP contribution in [0.25, 0.3) is 0 Å². The number of rotatable bonds is 5. The van der Waals surface area contributed by atoms with Crippen molar-refractivity contribution in [3.8, 4) is 5.75 Å². The van der Waals surface area contributed by atoms with Gasteiger partial charge >= 0.3 is 0 Å². The number of anilines is 1. The third-order valence-corrected chi connectivity index (χ3v) is 3.02. The van der Waals surface area contributed by atoms with E-state index in [0.717, 1.165) is 30.2 Å². The van der Waals surface area contributed by atoms with Crippen LogP contribution in [0.2, 0.25) is 0 Å². The van der Waals surface area contributed by atoms with Gasteiger partial charge in [0.1, 0.15) is 5.75 Å². The van der Waals surface area contributed by atoms with Crippen LogP contribution in [-0.4, -0.2) is 24.1 Å². The number of ether oxygens (including phenoxy) is 1. The highest BCUT2D eigenvalue weighted by Gasteiger charge is 2.05. The molecular weight excluding hydrogens is 238 g/mol. The Kier molecular flexibility index (Phi) is 4.34. The molecule has 1 aromatic carbocycles. The van der Waals surface area contributed by atoms with Crippen molar-refractivity contribution in [3.05, 3.63) is 47.8 Å². The highest BCUT2D eigenvalue weighted by molar-refractivity contribution is 5.33. The first-order chi connectivity index (χ1) is 9.22. The Hall–Kier alpha value is -2.10. The lowest BCUT2D eigenvalue weighted by Gasteiger charge is -2.17. The smallest absolute Gasteiger partial charge is 0.225 e. The topological polar surface area (TPSA) is 38.2 Å². The van der Waals surface area contributed by atoms with E-state index in [1.165, 1.54) is 5.56 Å². The van der Waals surface area contributed by atoms with E-state index >= 15 is 0 Å². The summed E-state index contributed by atoms with van der Waals surface area (Å²) in [5.41, 5.74) is 2.35. The molecule has 1 aromatic heterocycles. The molecule has 0 fully saturated rings. The maximum Gasteiger partial charge on any atom is 0.225 e. The van der Waals surface area contributed by atoms with Crippen LogP contribution in [0.1, 0.15) is 18.1 Å². The monoisotopic (exact) mass is 257 g/mol. The van der Waals surface area contributed by atoms with Crippen LogP contribution in [0.3, 0.4) is 0 Å². The molecule has 100 valence electrons. The second-order valence-corrected chi connectivity index (χ2v) is 4.45. The molecule has 2 aromatic rings. The first kappa shape index (κ1) is 13.3. The van der Waals surface area contributed by atoms with E-state index < -0.39 is 0 Å². The second-order valence-electron chi connectivity index (χ2n) is 4.45. The molecule has 4 heteroatoms. The summed E-state index contributed by atoms with van der Waals surface area (Å²) in [5, 5.41) is 0. The van der Waals surface area contributed by atoms with Gasteiger partial charge in [-0.2, -0.15) is 0 Å². The third-order valence-electron chi connectivity index (χ3n) is 3.02. The zero-order valence-electron chi connectivity index (χ0n) is 11.6. The molecule has 2 rings (SSSR count). The van der Waals surface area contributed by atoms with Gasteiger partial charge in [0, 0.05) is 26.0 Å². The van der Waals surface area contributed by atoms with E-state index in [1.54, 1.807) is 7.11 Å². The summed E-state index contributed by atoms with van der Waals surface area (Å²) in [6.45, 7) is 2.87. The van der Waals surface area contributed by atoms with Crippen molar-refractivity contribution in [2.24, 2.45) is 0 Å². The van der Waals surface area contributed by atoms with Gasteiger partial charge in [0.05, 0.1) is 7.11 Å². The molecule has 0 aliphatic heterocycles. The molecule has 0 aliphatic rings. The summed E-state index contributed by atoms with van der Waals surface area (Å²) in [5.74, 6) is 1.61. The molecular formula is C15H19N3O. The molecule has 0 amide bonds. The van der Waals surface area contributed by atoms with E-state index in [9.17, 15) is 0 Å². The molecule has 0 unspecified atom stereocenters. The summed E-state index contributed by atoms with van der Waals surface area (Å²) in [6, 6.07) is 8.03. The molecule has 1 heterocycles. The zero-order chi connectivity index (χ0) is 13.7. The fourth-order valence-electron chi connectivity index (χ4n) is 1.80. The second kappa shape index (κ2) is 6.18. The number of methoxy groups -OCH3 is 1. The van der Waals surface area contributed by atoms with Crippen molar-refractivity contribution >= 4 is 5.95 Å². The number of benzene rings is 1. The van der Waals surface area contributed by atoms with Crippen LogP contribution in [-0.2, 0) is 13.0 Å². The number of aromatic nitrogens is 2. The van der Waals surface area contributed by atoms with Gasteiger partial charge in [-0.3, -0.25) is 0 Å². The average Bonchev–Trinajstić information content (AvgIpc) is 2.48. The molecule has 0 spiro atoms. The maximum atomic E-state index is 5.15. The van der Waals surface area contributed by atoms with Crippen LogP contribution < -0.4 is 9.64 Å². The molecule has 19 heavy (non-hydrogen) atoms. The van der Waals surface area contributed by atoms with Gasteiger partial charge in [0.15, 0.2) is 0 Å². The first-order valence-electron chi connectivity index (χ1n) is 6.38. The van der Waals surface area contributed by atoms with Crippen molar-refractivity contribution in [2.75, 3.05) is 19.1 Å². The lowest BCUT2D eigenvalue weighted by Crippen LogP contribution is -2.19. The molecule has 0 atom stereocenters. The lowest BCUT2D eigenvalue weighted by molar-refractivity contribution is 0.414. The molecule has 0 radical (unpaired) electrons. The molecule has 0 aliphatic carbocycles. The highest BCUT2D eigenvalue weighted by atomic mass is 16.5. The van der Waals surface area contributed by atoms with Gasteiger partial charge in [0.2, 0.25) is 5.95 Å². The Bertz CT molecular complexity index is 508. The minimum absolute atomic E-state index is 0.744. The van der Waals surface area contributed by atoms with Crippen LogP contribution in [0.4, 0.5) is 5.95 Å². The van der Waals surface area contributed by atoms with Gasteiger partial charge in [-0.25, -0.2) is 9.97 Å². The fraction of sp³-hybridized carbons (Fsp3) is 0.333. The minimum atomic E-state index is 0.744. The Morgan fingerprint density at radius 1 is 1.05 bits per heavy atom. The van der Waals surface area contributed by atoms with Gasteiger partial charge < -0.3 is 9.64 Å². The summed E-state index contributed by atoms with van der Waals surface area (Å²) >= 11 is 0. The van der Waals surface area contributed by atoms with Crippen molar-refractivity contribution in [2.45, 2.75) is 19.9 Å². The van der Waals surface area contributed by atoms with Crippen molar-refractivity contribution in [3.63, 3.8) is 0 Å². The van der Waals surface area contributed by atoms with Crippen LogP contribution in [0.5, 0.6) is 5.75 Å². The Morgan fingerprint density at radius 2 is 1.68 bits per heavy atom. The summed E-state index contributed by atoms with van der Waals surface area (Å²) < 4.78 is 5.15. The molecule has 4 nitrogen and oxygen atoms in total. The summed E-state index contributed by atoms with van der Waals surface area (Å²) in [7, 11) is 3.66. The normalized spacial score (nSPS) is 10.3. The number of aryl methyl sites for hydroxylation is 1. The van der Waals surface area contributed by atoms with E-state index in [1.807, 2.05) is 36.5 Å². The van der Waals surface area contributed by atoms with Crippen molar-refractivity contribution in [1.29, 1.82) is 0 Å². The van der Waals surface area contributed by atoms with Crippen LogP contribution in [0.15, 0.2) is 36.7 Å². The van der Waals surface area contributed by atoms with Crippen molar-refractivity contribution < 1.29 is 4.74 Å². The fourth-order valence-corrected chi connectivity index (χ4v) is 1.80. The molecule has 0 saturated heterocycles. The lowest BCUT2D eigenvalue weighted by atomic mass is 10.2. The van der Waals surface area contributed by atoms with Crippen LogP contribution >= 0.6 is 0 Å². The molecule has 0 N–H and O–H groups in total. The van der Waals surface area contributed by atoms with Gasteiger partial charge in [-0.1, -0.05) is 19.1 Å². The van der Waals surface area contributed by atoms with Gasteiger partial charge in [0.25, 0.3) is 0 Å². The summed E-state index contributed by atoms with van der Waals surface area (Å²) in [6.07, 6.45) is 4.72. The number of hydrogen-bond donors (Lipinski definition) is 0. The zero-order valence-corrected chi connectivity index (χ0v) is 11.6. The van der Waals surface area contributed by atoms with Gasteiger partial charge in [-0.15, -0.1) is 0 Å². The Labute approximate surface area is 114 Å². The van der Waals surface area contributed by atoms with E-state index in [-0.39, 0.29) is 0 Å². The van der Waals surface area contributed by atoms with Gasteiger partial charge in [-0.05, 0) is 29.7 Å². The highest BCUT2D eigenvalue weighted by Crippen LogP contribution is 2.14. The summed E-state index contributed by atoms with van der Waals surface area (Å²) in [4.78, 5) is 10.8. The maximum absolute atomic E-state index is 5.15.